The lowest BCUT2D eigenvalue weighted by Gasteiger charge is -2.33. The minimum atomic E-state index is 0.268. The third-order valence-corrected chi connectivity index (χ3v) is 8.06. The highest BCUT2D eigenvalue weighted by molar-refractivity contribution is 7.17. The Morgan fingerprint density at radius 2 is 2.03 bits per heavy atom. The molecule has 0 spiro atoms. The molecule has 0 amide bonds. The molecule has 1 saturated heterocycles. The summed E-state index contributed by atoms with van der Waals surface area (Å²) in [7, 11) is 2.16. The lowest BCUT2D eigenvalue weighted by Crippen LogP contribution is -2.44. The first-order chi connectivity index (χ1) is 14.7. The first kappa shape index (κ1) is 19.8. The van der Waals surface area contributed by atoms with Gasteiger partial charge in [-0.15, -0.1) is 0 Å². The first-order valence-corrected chi connectivity index (χ1v) is 12.0. The number of piperazine rings is 1. The number of aromatic amines is 1. The van der Waals surface area contributed by atoms with Crippen LogP contribution in [-0.2, 0) is 6.42 Å². The van der Waals surface area contributed by atoms with E-state index in [9.17, 15) is 4.79 Å². The molecule has 1 aliphatic carbocycles. The quantitative estimate of drug-likeness (QED) is 0.565. The highest BCUT2D eigenvalue weighted by Gasteiger charge is 2.30. The molecule has 5 rings (SSSR count). The molecule has 2 aliphatic rings. The molecular weight excluding hydrogens is 392 g/mol. The summed E-state index contributed by atoms with van der Waals surface area (Å²) < 4.78 is 0. The van der Waals surface area contributed by atoms with Gasteiger partial charge in [-0.25, -0.2) is 4.98 Å². The number of aromatic nitrogens is 2. The number of hydrogen-bond acceptors (Lipinski definition) is 5. The summed E-state index contributed by atoms with van der Waals surface area (Å²) in [5.41, 5.74) is 2.53. The molecule has 5 nitrogen and oxygen atoms in total. The summed E-state index contributed by atoms with van der Waals surface area (Å²) in [4.78, 5) is 26.6. The third-order valence-electron chi connectivity index (χ3n) is 6.96. The number of nitrogens with zero attached hydrogens (tertiary/aromatic N) is 3. The predicted octanol–water partition coefficient (Wildman–Crippen LogP) is 4.61. The van der Waals surface area contributed by atoms with Crippen LogP contribution >= 0.6 is 11.3 Å². The monoisotopic (exact) mass is 422 g/mol. The fourth-order valence-electron chi connectivity index (χ4n) is 4.78. The van der Waals surface area contributed by atoms with Crippen molar-refractivity contribution >= 4 is 33.2 Å². The van der Waals surface area contributed by atoms with Crippen molar-refractivity contribution in [2.24, 2.45) is 11.8 Å². The maximum atomic E-state index is 13.2. The molecule has 2 fully saturated rings. The van der Waals surface area contributed by atoms with Crippen LogP contribution in [0.15, 0.2) is 36.7 Å². The van der Waals surface area contributed by atoms with E-state index in [0.717, 1.165) is 42.6 Å². The zero-order chi connectivity index (χ0) is 20.5. The van der Waals surface area contributed by atoms with Crippen LogP contribution in [0.5, 0.6) is 0 Å². The van der Waals surface area contributed by atoms with Gasteiger partial charge in [0.05, 0.1) is 11.1 Å². The molecule has 30 heavy (non-hydrogen) atoms. The Kier molecular flexibility index (Phi) is 5.61. The molecule has 158 valence electrons. The number of thiazole rings is 1. The van der Waals surface area contributed by atoms with E-state index in [2.05, 4.69) is 57.3 Å². The van der Waals surface area contributed by atoms with Crippen molar-refractivity contribution in [3.8, 4) is 0 Å². The van der Waals surface area contributed by atoms with Crippen molar-refractivity contribution in [3.63, 3.8) is 0 Å². The van der Waals surface area contributed by atoms with Gasteiger partial charge >= 0.3 is 0 Å². The van der Waals surface area contributed by atoms with E-state index in [4.69, 9.17) is 0 Å². The van der Waals surface area contributed by atoms with E-state index >= 15 is 0 Å². The van der Waals surface area contributed by atoms with Crippen LogP contribution in [0.3, 0.4) is 0 Å². The lowest BCUT2D eigenvalue weighted by atomic mass is 9.71. The third kappa shape index (κ3) is 4.03. The Morgan fingerprint density at radius 1 is 1.23 bits per heavy atom. The number of para-hydroxylation sites is 1. The SMILES string of the molecule is CN1CCN(c2ncc(C(=O)CC(Cc3c[nH]c4ccccc34)C3CCC3)s2)CC1. The number of Topliss-reactive ketones (excluding diaryl/α,β-unsaturated/α-hetero) is 1. The summed E-state index contributed by atoms with van der Waals surface area (Å²) >= 11 is 1.58. The van der Waals surface area contributed by atoms with Gasteiger partial charge in [0.2, 0.25) is 0 Å². The highest BCUT2D eigenvalue weighted by Crippen LogP contribution is 2.39. The number of carbonyl (C=O) groups excluding carboxylic acids is 1. The van der Waals surface area contributed by atoms with Crippen molar-refractivity contribution < 1.29 is 4.79 Å². The molecule has 1 N–H and O–H groups in total. The number of fused-ring (bicyclic) bond motifs is 1. The topological polar surface area (TPSA) is 52.2 Å². The molecule has 1 aliphatic heterocycles. The summed E-state index contributed by atoms with van der Waals surface area (Å²) in [6.07, 6.45) is 9.38. The van der Waals surface area contributed by atoms with Crippen molar-refractivity contribution in [1.82, 2.24) is 14.9 Å². The number of hydrogen-bond donors (Lipinski definition) is 1. The Labute approximate surface area is 182 Å². The van der Waals surface area contributed by atoms with Gasteiger partial charge in [-0.2, -0.15) is 0 Å². The van der Waals surface area contributed by atoms with Gasteiger partial charge < -0.3 is 14.8 Å². The molecule has 0 radical (unpaired) electrons. The van der Waals surface area contributed by atoms with Gasteiger partial charge in [-0.05, 0) is 36.9 Å². The summed E-state index contributed by atoms with van der Waals surface area (Å²) in [5.74, 6) is 1.36. The van der Waals surface area contributed by atoms with Gasteiger partial charge in [-0.1, -0.05) is 48.8 Å². The number of anilines is 1. The molecule has 0 bridgehead atoms. The molecule has 1 atom stereocenters. The van der Waals surface area contributed by atoms with E-state index in [1.54, 1.807) is 11.3 Å². The van der Waals surface area contributed by atoms with Crippen LogP contribution in [0, 0.1) is 11.8 Å². The van der Waals surface area contributed by atoms with Crippen LogP contribution in [0.25, 0.3) is 10.9 Å². The zero-order valence-corrected chi connectivity index (χ0v) is 18.5. The Morgan fingerprint density at radius 3 is 2.80 bits per heavy atom. The number of nitrogens with one attached hydrogen (secondary N) is 1. The largest absolute Gasteiger partial charge is 0.361 e. The Balaban J connectivity index is 1.29. The number of benzene rings is 1. The number of rotatable bonds is 7. The van der Waals surface area contributed by atoms with Gasteiger partial charge in [0.1, 0.15) is 0 Å². The summed E-state index contributed by atoms with van der Waals surface area (Å²) in [5, 5.41) is 2.30. The van der Waals surface area contributed by atoms with Gasteiger partial charge in [0, 0.05) is 49.7 Å². The fraction of sp³-hybridized carbons (Fsp3) is 0.500. The predicted molar refractivity (Wildman–Crippen MR) is 124 cm³/mol. The average molecular weight is 423 g/mol. The Bertz CT molecular complexity index is 1010. The number of ketones is 1. The molecule has 3 heterocycles. The van der Waals surface area contributed by atoms with Crippen LogP contribution in [0.4, 0.5) is 5.13 Å². The van der Waals surface area contributed by atoms with E-state index in [1.807, 2.05) is 6.20 Å². The minimum Gasteiger partial charge on any atom is -0.361 e. The van der Waals surface area contributed by atoms with Gasteiger partial charge in [0.25, 0.3) is 0 Å². The molecule has 6 heteroatoms. The lowest BCUT2D eigenvalue weighted by molar-refractivity contribution is 0.0917. The normalized spacial score (nSPS) is 19.2. The Hall–Kier alpha value is -2.18. The van der Waals surface area contributed by atoms with E-state index < -0.39 is 0 Å². The fourth-order valence-corrected chi connectivity index (χ4v) is 5.69. The van der Waals surface area contributed by atoms with Crippen LogP contribution in [0.2, 0.25) is 0 Å². The van der Waals surface area contributed by atoms with Crippen LogP contribution < -0.4 is 4.90 Å². The van der Waals surface area contributed by atoms with Crippen molar-refractivity contribution in [2.75, 3.05) is 38.1 Å². The van der Waals surface area contributed by atoms with Crippen molar-refractivity contribution in [2.45, 2.75) is 32.1 Å². The molecule has 3 aromatic rings. The van der Waals surface area contributed by atoms with Crippen LogP contribution in [0.1, 0.15) is 40.9 Å². The number of carbonyl (C=O) groups is 1. The molecule has 1 unspecified atom stereocenters. The van der Waals surface area contributed by atoms with E-state index in [0.29, 0.717) is 18.3 Å². The smallest absolute Gasteiger partial charge is 0.186 e. The number of H-pyrrole nitrogens is 1. The van der Waals surface area contributed by atoms with Gasteiger partial charge in [-0.3, -0.25) is 4.79 Å². The standard InChI is InChI=1S/C24H30N4OS/c1-27-9-11-28(12-10-27)24-26-16-23(30-24)22(29)14-18(17-5-4-6-17)13-19-15-25-21-8-3-2-7-20(19)21/h2-3,7-8,15-18,25H,4-6,9-14H2,1H3. The summed E-state index contributed by atoms with van der Waals surface area (Å²) in [6.45, 7) is 4.08. The zero-order valence-electron chi connectivity index (χ0n) is 17.6. The second kappa shape index (κ2) is 8.52. The van der Waals surface area contributed by atoms with Crippen molar-refractivity contribution in [1.29, 1.82) is 0 Å². The highest BCUT2D eigenvalue weighted by atomic mass is 32.1. The molecule has 2 aromatic heterocycles. The summed E-state index contributed by atoms with van der Waals surface area (Å²) in [6, 6.07) is 8.48. The van der Waals surface area contributed by atoms with E-state index in [1.165, 1.54) is 35.7 Å². The molecule has 1 aromatic carbocycles. The van der Waals surface area contributed by atoms with Crippen molar-refractivity contribution in [3.05, 3.63) is 47.1 Å². The average Bonchev–Trinajstić information content (AvgIpc) is 3.35. The number of likely N-dealkylation sites (N-methyl/N-ethyl adjacent to an activating group) is 1. The molecule has 1 saturated carbocycles. The first-order valence-electron chi connectivity index (χ1n) is 11.1. The maximum absolute atomic E-state index is 13.2. The van der Waals surface area contributed by atoms with Gasteiger partial charge in [0.15, 0.2) is 10.9 Å². The second-order valence-electron chi connectivity index (χ2n) is 8.94. The van der Waals surface area contributed by atoms with E-state index in [-0.39, 0.29) is 5.78 Å². The minimum absolute atomic E-state index is 0.268. The van der Waals surface area contributed by atoms with Crippen LogP contribution in [-0.4, -0.2) is 53.9 Å². The maximum Gasteiger partial charge on any atom is 0.186 e. The molecular formula is C24H30N4OS. The second-order valence-corrected chi connectivity index (χ2v) is 9.95.